The van der Waals surface area contributed by atoms with Gasteiger partial charge in [-0.05, 0) is 37.0 Å². The highest BCUT2D eigenvalue weighted by Gasteiger charge is 2.28. The van der Waals surface area contributed by atoms with Gasteiger partial charge < -0.3 is 4.90 Å². The zero-order valence-corrected chi connectivity index (χ0v) is 10.6. The van der Waals surface area contributed by atoms with E-state index in [9.17, 15) is 4.39 Å². The molecule has 0 saturated heterocycles. The monoisotopic (exact) mass is 234 g/mol. The van der Waals surface area contributed by atoms with Crippen molar-refractivity contribution in [1.82, 2.24) is 4.90 Å². The van der Waals surface area contributed by atoms with Crippen molar-refractivity contribution in [3.05, 3.63) is 35.1 Å². The Morgan fingerprint density at radius 2 is 2.06 bits per heavy atom. The van der Waals surface area contributed by atoms with Crippen LogP contribution in [-0.4, -0.2) is 16.8 Å². The summed E-state index contributed by atoms with van der Waals surface area (Å²) in [5.41, 5.74) is 1.81. The minimum Gasteiger partial charge on any atom is -0.350 e. The topological polar surface area (TPSA) is 27.1 Å². The van der Waals surface area contributed by atoms with Crippen molar-refractivity contribution in [1.29, 1.82) is 5.41 Å². The lowest BCUT2D eigenvalue weighted by atomic mass is 10.0. The summed E-state index contributed by atoms with van der Waals surface area (Å²) in [6.07, 6.45) is 1.05. The van der Waals surface area contributed by atoms with E-state index in [-0.39, 0.29) is 5.82 Å². The SMILES string of the molecule is CC(C)CC(C)N1Cc2ccc(F)cc2C1=N. The lowest BCUT2D eigenvalue weighted by Gasteiger charge is -2.27. The fraction of sp³-hybridized carbons (Fsp3) is 0.500. The molecular formula is C14H19FN2. The predicted octanol–water partition coefficient (Wildman–Crippen LogP) is 3.40. The zero-order chi connectivity index (χ0) is 12.6. The van der Waals surface area contributed by atoms with Crippen LogP contribution in [0.2, 0.25) is 0 Å². The van der Waals surface area contributed by atoms with Crippen molar-refractivity contribution >= 4 is 5.84 Å². The Balaban J connectivity index is 2.19. The van der Waals surface area contributed by atoms with E-state index in [1.54, 1.807) is 6.07 Å². The van der Waals surface area contributed by atoms with Crippen molar-refractivity contribution < 1.29 is 4.39 Å². The Labute approximate surface area is 102 Å². The van der Waals surface area contributed by atoms with Gasteiger partial charge >= 0.3 is 0 Å². The maximum absolute atomic E-state index is 13.2. The number of hydrogen-bond acceptors (Lipinski definition) is 1. The van der Waals surface area contributed by atoms with Gasteiger partial charge in [0.15, 0.2) is 0 Å². The summed E-state index contributed by atoms with van der Waals surface area (Å²) in [4.78, 5) is 2.06. The molecule has 1 heterocycles. The molecule has 92 valence electrons. The first-order valence-corrected chi connectivity index (χ1v) is 6.13. The summed E-state index contributed by atoms with van der Waals surface area (Å²) in [6.45, 7) is 7.24. The standard InChI is InChI=1S/C14H19FN2/c1-9(2)6-10(3)17-8-11-4-5-12(15)7-13(11)14(17)16/h4-5,7,9-10,16H,6,8H2,1-3H3. The van der Waals surface area contributed by atoms with Gasteiger partial charge in [0.05, 0.1) is 0 Å². The van der Waals surface area contributed by atoms with Crippen molar-refractivity contribution in [2.45, 2.75) is 39.8 Å². The van der Waals surface area contributed by atoms with Gasteiger partial charge in [0, 0.05) is 18.2 Å². The minimum absolute atomic E-state index is 0.258. The van der Waals surface area contributed by atoms with Crippen molar-refractivity contribution in [2.24, 2.45) is 5.92 Å². The molecule has 0 spiro atoms. The predicted molar refractivity (Wildman–Crippen MR) is 67.7 cm³/mol. The second-order valence-electron chi connectivity index (χ2n) is 5.26. The molecule has 1 unspecified atom stereocenters. The average molecular weight is 234 g/mol. The Bertz CT molecular complexity index is 440. The summed E-state index contributed by atoms with van der Waals surface area (Å²) in [7, 11) is 0. The second-order valence-corrected chi connectivity index (χ2v) is 5.26. The molecule has 0 radical (unpaired) electrons. The quantitative estimate of drug-likeness (QED) is 0.852. The van der Waals surface area contributed by atoms with Crippen LogP contribution in [0.5, 0.6) is 0 Å². The summed E-state index contributed by atoms with van der Waals surface area (Å²) in [5.74, 6) is 0.817. The van der Waals surface area contributed by atoms with Gasteiger partial charge in [-0.25, -0.2) is 4.39 Å². The maximum Gasteiger partial charge on any atom is 0.129 e. The minimum atomic E-state index is -0.258. The number of halogens is 1. The van der Waals surface area contributed by atoms with Crippen LogP contribution in [-0.2, 0) is 6.54 Å². The first-order chi connectivity index (χ1) is 7.99. The highest BCUT2D eigenvalue weighted by Crippen LogP contribution is 2.27. The van der Waals surface area contributed by atoms with Gasteiger partial charge in [-0.3, -0.25) is 5.41 Å². The highest BCUT2D eigenvalue weighted by atomic mass is 19.1. The Hall–Kier alpha value is -1.38. The highest BCUT2D eigenvalue weighted by molar-refractivity contribution is 6.00. The largest absolute Gasteiger partial charge is 0.350 e. The van der Waals surface area contributed by atoms with Gasteiger partial charge in [0.1, 0.15) is 11.7 Å². The smallest absolute Gasteiger partial charge is 0.129 e. The molecule has 1 aliphatic rings. The van der Waals surface area contributed by atoms with Crippen LogP contribution in [0.25, 0.3) is 0 Å². The maximum atomic E-state index is 13.2. The van der Waals surface area contributed by atoms with E-state index in [1.807, 2.05) is 0 Å². The number of nitrogens with one attached hydrogen (secondary N) is 1. The first kappa shape index (κ1) is 12.1. The average Bonchev–Trinajstić information content (AvgIpc) is 2.55. The van der Waals surface area contributed by atoms with Crippen molar-refractivity contribution in [3.63, 3.8) is 0 Å². The fourth-order valence-electron chi connectivity index (χ4n) is 2.51. The number of hydrogen-bond donors (Lipinski definition) is 1. The summed E-state index contributed by atoms with van der Waals surface area (Å²) >= 11 is 0. The normalized spacial score (nSPS) is 16.5. The lowest BCUT2D eigenvalue weighted by molar-refractivity contribution is 0.291. The molecule has 0 fully saturated rings. The molecule has 2 rings (SSSR count). The summed E-state index contributed by atoms with van der Waals surface area (Å²) < 4.78 is 13.2. The van der Waals surface area contributed by atoms with Crippen LogP contribution in [0, 0.1) is 17.1 Å². The molecule has 0 amide bonds. The van der Waals surface area contributed by atoms with E-state index in [1.165, 1.54) is 12.1 Å². The third-order valence-corrected chi connectivity index (χ3v) is 3.30. The van der Waals surface area contributed by atoms with Crippen LogP contribution in [0.4, 0.5) is 4.39 Å². The molecule has 1 N–H and O–H groups in total. The molecule has 2 nitrogen and oxygen atoms in total. The lowest BCUT2D eigenvalue weighted by Crippen LogP contribution is -2.34. The van der Waals surface area contributed by atoms with Gasteiger partial charge in [-0.1, -0.05) is 19.9 Å². The van der Waals surface area contributed by atoms with Gasteiger partial charge in [-0.15, -0.1) is 0 Å². The number of nitrogens with zero attached hydrogens (tertiary/aromatic N) is 1. The Kier molecular flexibility index (Phi) is 3.18. The summed E-state index contributed by atoms with van der Waals surface area (Å²) in [5, 5.41) is 8.12. The van der Waals surface area contributed by atoms with Gasteiger partial charge in [0.2, 0.25) is 0 Å². The third kappa shape index (κ3) is 2.33. The molecule has 0 aliphatic carbocycles. The molecule has 1 atom stereocenters. The molecule has 3 heteroatoms. The molecule has 0 saturated carbocycles. The van der Waals surface area contributed by atoms with Crippen LogP contribution in [0.15, 0.2) is 18.2 Å². The van der Waals surface area contributed by atoms with E-state index in [4.69, 9.17) is 5.41 Å². The van der Waals surface area contributed by atoms with Crippen LogP contribution in [0.3, 0.4) is 0 Å². The molecule has 1 aliphatic heterocycles. The van der Waals surface area contributed by atoms with E-state index in [2.05, 4.69) is 25.7 Å². The van der Waals surface area contributed by atoms with Crippen molar-refractivity contribution in [3.8, 4) is 0 Å². The zero-order valence-electron chi connectivity index (χ0n) is 10.6. The van der Waals surface area contributed by atoms with Crippen molar-refractivity contribution in [2.75, 3.05) is 0 Å². The number of fused-ring (bicyclic) bond motifs is 1. The Morgan fingerprint density at radius 1 is 1.35 bits per heavy atom. The van der Waals surface area contributed by atoms with Crippen LogP contribution in [0.1, 0.15) is 38.3 Å². The van der Waals surface area contributed by atoms with E-state index in [0.717, 1.165) is 24.1 Å². The first-order valence-electron chi connectivity index (χ1n) is 6.13. The number of rotatable bonds is 3. The van der Waals surface area contributed by atoms with Crippen LogP contribution >= 0.6 is 0 Å². The molecule has 1 aromatic carbocycles. The molecule has 1 aromatic rings. The summed E-state index contributed by atoms with van der Waals surface area (Å²) in [6, 6.07) is 5.07. The number of benzene rings is 1. The Morgan fingerprint density at radius 3 is 2.71 bits per heavy atom. The fourth-order valence-corrected chi connectivity index (χ4v) is 2.51. The van der Waals surface area contributed by atoms with E-state index < -0.39 is 0 Å². The molecule has 17 heavy (non-hydrogen) atoms. The van der Waals surface area contributed by atoms with E-state index >= 15 is 0 Å². The molecule has 0 aromatic heterocycles. The second kappa shape index (κ2) is 4.47. The molecular weight excluding hydrogens is 215 g/mol. The van der Waals surface area contributed by atoms with Crippen LogP contribution < -0.4 is 0 Å². The van der Waals surface area contributed by atoms with Gasteiger partial charge in [-0.2, -0.15) is 0 Å². The number of amidine groups is 1. The third-order valence-electron chi connectivity index (χ3n) is 3.30. The van der Waals surface area contributed by atoms with E-state index in [0.29, 0.717) is 17.8 Å². The van der Waals surface area contributed by atoms with Gasteiger partial charge in [0.25, 0.3) is 0 Å². The molecule has 0 bridgehead atoms.